The highest BCUT2D eigenvalue weighted by Crippen LogP contribution is 2.37. The number of H-pyrrole nitrogens is 1. The Morgan fingerprint density at radius 3 is 2.38 bits per heavy atom. The van der Waals surface area contributed by atoms with E-state index in [9.17, 15) is 18.4 Å². The van der Waals surface area contributed by atoms with E-state index in [0.29, 0.717) is 22.2 Å². The normalized spacial score (nSPS) is 14.2. The highest BCUT2D eigenvalue weighted by molar-refractivity contribution is 6.00. The Balaban J connectivity index is 1.53. The molecule has 4 heterocycles. The van der Waals surface area contributed by atoms with Gasteiger partial charge in [-0.15, -0.1) is 0 Å². The highest BCUT2D eigenvalue weighted by Gasteiger charge is 2.19. The van der Waals surface area contributed by atoms with Crippen LogP contribution in [0.15, 0.2) is 76.6 Å². The third kappa shape index (κ3) is 4.78. The lowest BCUT2D eigenvalue weighted by molar-refractivity contribution is 0.233. The van der Waals surface area contributed by atoms with Crippen LogP contribution in [0.4, 0.5) is 8.78 Å². The Morgan fingerprint density at radius 1 is 0.825 bits per heavy atom. The Bertz CT molecular complexity index is 1860. The van der Waals surface area contributed by atoms with Crippen LogP contribution in [0.25, 0.3) is 44.4 Å². The molecule has 0 saturated carbocycles. The molecule has 0 spiro atoms. The average Bonchev–Trinajstić information content (AvgIpc) is 3.38. The van der Waals surface area contributed by atoms with Crippen molar-refractivity contribution in [3.8, 4) is 33.5 Å². The molecule has 0 amide bonds. The third-order valence-electron chi connectivity index (χ3n) is 7.56. The second kappa shape index (κ2) is 10.3. The van der Waals surface area contributed by atoms with Gasteiger partial charge in [-0.25, -0.2) is 8.78 Å². The van der Waals surface area contributed by atoms with E-state index in [1.165, 1.54) is 26.8 Å². The molecule has 0 bridgehead atoms. The van der Waals surface area contributed by atoms with Crippen LogP contribution in [0.5, 0.6) is 0 Å². The molecule has 204 valence electrons. The number of nitrogens with zero attached hydrogens (tertiary/aromatic N) is 3. The summed E-state index contributed by atoms with van der Waals surface area (Å²) in [6.45, 7) is 4.72. The van der Waals surface area contributed by atoms with Gasteiger partial charge in [0.05, 0.1) is 0 Å². The minimum Gasteiger partial charge on any atom is -0.350 e. The van der Waals surface area contributed by atoms with Gasteiger partial charge in [-0.2, -0.15) is 0 Å². The minimum absolute atomic E-state index is 0.149. The maximum absolute atomic E-state index is 14.7. The number of halogens is 2. The number of hydrogen-bond donors (Lipinski definition) is 2. The quantitative estimate of drug-likeness (QED) is 0.349. The van der Waals surface area contributed by atoms with Crippen molar-refractivity contribution in [1.82, 2.24) is 24.3 Å². The number of pyridine rings is 2. The lowest BCUT2D eigenvalue weighted by Gasteiger charge is -2.27. The van der Waals surface area contributed by atoms with Crippen LogP contribution in [-0.2, 0) is 20.6 Å². The van der Waals surface area contributed by atoms with Crippen LogP contribution >= 0.6 is 0 Å². The Kier molecular flexibility index (Phi) is 6.69. The van der Waals surface area contributed by atoms with E-state index in [1.807, 2.05) is 18.3 Å². The van der Waals surface area contributed by atoms with Crippen molar-refractivity contribution < 1.29 is 8.78 Å². The zero-order chi connectivity index (χ0) is 28.0. The average molecular weight is 542 g/mol. The molecule has 1 aliphatic rings. The summed E-state index contributed by atoms with van der Waals surface area (Å²) < 4.78 is 31.2. The molecule has 9 heteroatoms. The summed E-state index contributed by atoms with van der Waals surface area (Å²) in [5.41, 5.74) is 4.54. The molecule has 6 rings (SSSR count). The Morgan fingerprint density at radius 2 is 1.60 bits per heavy atom. The SMILES string of the molecule is Cn1cc(-c2cccc(CN3CCNCC3)c2)c(-c2cn(C)c(=O)c3[nH]c(-c4ccc(F)cc4F)cc23)cc1=O. The summed E-state index contributed by atoms with van der Waals surface area (Å²) in [6.07, 6.45) is 3.51. The molecule has 3 aromatic heterocycles. The van der Waals surface area contributed by atoms with Crippen molar-refractivity contribution in [2.45, 2.75) is 6.54 Å². The topological polar surface area (TPSA) is 75.1 Å². The van der Waals surface area contributed by atoms with Gasteiger partial charge in [0.15, 0.2) is 0 Å². The number of hydrogen-bond acceptors (Lipinski definition) is 4. The first kappa shape index (κ1) is 25.9. The number of rotatable bonds is 5. The molecule has 0 unspecified atom stereocenters. The number of benzene rings is 2. The number of piperazine rings is 1. The van der Waals surface area contributed by atoms with E-state index in [2.05, 4.69) is 27.3 Å². The fourth-order valence-corrected chi connectivity index (χ4v) is 5.45. The fourth-order valence-electron chi connectivity index (χ4n) is 5.45. The molecule has 2 N–H and O–H groups in total. The molecular formula is C31H29F2N5O2. The maximum Gasteiger partial charge on any atom is 0.274 e. The van der Waals surface area contributed by atoms with Gasteiger partial charge < -0.3 is 19.4 Å². The zero-order valence-corrected chi connectivity index (χ0v) is 22.3. The standard InChI is InChI=1S/C31H29F2N5O2/c1-36-17-25(20-5-3-4-19(12-20)16-38-10-8-34-9-11-38)23(15-29(36)39)26-18-37(2)31(40)30-24(26)14-28(35-30)22-7-6-21(32)13-27(22)33/h3-7,12-15,17-18,34-35H,8-11,16H2,1-2H3. The van der Waals surface area contributed by atoms with Crippen LogP contribution in [0, 0.1) is 11.6 Å². The third-order valence-corrected chi connectivity index (χ3v) is 7.56. The summed E-state index contributed by atoms with van der Waals surface area (Å²) in [7, 11) is 3.35. The number of aryl methyl sites for hydroxylation is 2. The summed E-state index contributed by atoms with van der Waals surface area (Å²) in [5, 5.41) is 3.93. The number of nitrogens with one attached hydrogen (secondary N) is 2. The summed E-state index contributed by atoms with van der Waals surface area (Å²) in [5.74, 6) is -1.42. The highest BCUT2D eigenvalue weighted by atomic mass is 19.1. The fraction of sp³-hybridized carbons (Fsp3) is 0.226. The largest absolute Gasteiger partial charge is 0.350 e. The summed E-state index contributed by atoms with van der Waals surface area (Å²) >= 11 is 0. The zero-order valence-electron chi connectivity index (χ0n) is 22.3. The monoisotopic (exact) mass is 541 g/mol. The van der Waals surface area contributed by atoms with Crippen LogP contribution in [0.1, 0.15) is 5.56 Å². The minimum atomic E-state index is -0.736. The van der Waals surface area contributed by atoms with Crippen molar-refractivity contribution >= 4 is 10.9 Å². The second-order valence-corrected chi connectivity index (χ2v) is 10.3. The molecule has 0 radical (unpaired) electrons. The predicted molar refractivity (Wildman–Crippen MR) is 153 cm³/mol. The molecule has 1 aliphatic heterocycles. The van der Waals surface area contributed by atoms with Crippen LogP contribution in [0.2, 0.25) is 0 Å². The summed E-state index contributed by atoms with van der Waals surface area (Å²) in [6, 6.07) is 14.9. The first-order valence-corrected chi connectivity index (χ1v) is 13.2. The predicted octanol–water partition coefficient (Wildman–Crippen LogP) is 4.25. The Hall–Kier alpha value is -4.34. The van der Waals surface area contributed by atoms with E-state index < -0.39 is 11.6 Å². The van der Waals surface area contributed by atoms with E-state index in [-0.39, 0.29) is 22.2 Å². The van der Waals surface area contributed by atoms with E-state index in [1.54, 1.807) is 32.4 Å². The van der Waals surface area contributed by atoms with Crippen molar-refractivity contribution in [3.05, 3.63) is 105 Å². The molecule has 1 saturated heterocycles. The van der Waals surface area contributed by atoms with Crippen molar-refractivity contribution in [2.75, 3.05) is 26.2 Å². The van der Waals surface area contributed by atoms with Gasteiger partial charge in [0.2, 0.25) is 0 Å². The number of fused-ring (bicyclic) bond motifs is 1. The van der Waals surface area contributed by atoms with E-state index >= 15 is 0 Å². The summed E-state index contributed by atoms with van der Waals surface area (Å²) in [4.78, 5) is 31.5. The van der Waals surface area contributed by atoms with Gasteiger partial charge in [-0.05, 0) is 41.0 Å². The van der Waals surface area contributed by atoms with Gasteiger partial charge in [0.25, 0.3) is 11.1 Å². The number of aromatic amines is 1. The van der Waals surface area contributed by atoms with E-state index in [4.69, 9.17) is 0 Å². The molecule has 1 fully saturated rings. The van der Waals surface area contributed by atoms with Crippen molar-refractivity contribution in [1.29, 1.82) is 0 Å². The van der Waals surface area contributed by atoms with Crippen molar-refractivity contribution in [3.63, 3.8) is 0 Å². The first-order chi connectivity index (χ1) is 19.3. The molecule has 2 aromatic carbocycles. The van der Waals surface area contributed by atoms with Crippen molar-refractivity contribution in [2.24, 2.45) is 14.1 Å². The first-order valence-electron chi connectivity index (χ1n) is 13.2. The maximum atomic E-state index is 14.7. The van der Waals surface area contributed by atoms with Gasteiger partial charge in [-0.3, -0.25) is 14.5 Å². The van der Waals surface area contributed by atoms with Crippen LogP contribution in [-0.4, -0.2) is 45.2 Å². The molecule has 0 atom stereocenters. The van der Waals surface area contributed by atoms with Crippen LogP contribution < -0.4 is 16.4 Å². The molecule has 40 heavy (non-hydrogen) atoms. The van der Waals surface area contributed by atoms with Gasteiger partial charge in [-0.1, -0.05) is 18.2 Å². The van der Waals surface area contributed by atoms with Gasteiger partial charge >= 0.3 is 0 Å². The Labute approximate surface area is 229 Å². The lowest BCUT2D eigenvalue weighted by Crippen LogP contribution is -2.42. The van der Waals surface area contributed by atoms with Crippen LogP contribution in [0.3, 0.4) is 0 Å². The molecule has 0 aliphatic carbocycles. The second-order valence-electron chi connectivity index (χ2n) is 10.3. The van der Waals surface area contributed by atoms with Gasteiger partial charge in [0, 0.05) is 99.1 Å². The molecule has 7 nitrogen and oxygen atoms in total. The molecular weight excluding hydrogens is 512 g/mol. The smallest absolute Gasteiger partial charge is 0.274 e. The lowest BCUT2D eigenvalue weighted by atomic mass is 9.94. The number of aromatic nitrogens is 3. The van der Waals surface area contributed by atoms with E-state index in [0.717, 1.165) is 49.9 Å². The molecule has 5 aromatic rings. The van der Waals surface area contributed by atoms with Gasteiger partial charge in [0.1, 0.15) is 17.2 Å².